The Morgan fingerprint density at radius 1 is 1.32 bits per heavy atom. The number of hydrogen-bond acceptors (Lipinski definition) is 4. The van der Waals surface area contributed by atoms with E-state index < -0.39 is 0 Å². The van der Waals surface area contributed by atoms with Gasteiger partial charge in [0, 0.05) is 20.8 Å². The number of thioether (sulfide) groups is 1. The average molecular weight is 441 g/mol. The van der Waals surface area contributed by atoms with E-state index in [2.05, 4.69) is 21.2 Å². The zero-order chi connectivity index (χ0) is 18.2. The lowest BCUT2D eigenvalue weighted by atomic mass is 10.2. The minimum Gasteiger partial charge on any atom is -0.350 e. The summed E-state index contributed by atoms with van der Waals surface area (Å²) in [5, 5.41) is 4.84. The van der Waals surface area contributed by atoms with Crippen molar-refractivity contribution in [2.45, 2.75) is 25.3 Å². The van der Waals surface area contributed by atoms with Gasteiger partial charge in [0.25, 0.3) is 0 Å². The number of carbonyl (C=O) groups is 2. The van der Waals surface area contributed by atoms with Gasteiger partial charge in [-0.25, -0.2) is 0 Å². The van der Waals surface area contributed by atoms with Crippen molar-refractivity contribution in [3.8, 4) is 0 Å². The number of likely N-dealkylation sites (N-methyl/N-ethyl adjacent to an activating group) is 1. The third kappa shape index (κ3) is 6.49. The van der Waals surface area contributed by atoms with E-state index in [9.17, 15) is 9.59 Å². The predicted molar refractivity (Wildman–Crippen MR) is 108 cm³/mol. The third-order valence-electron chi connectivity index (χ3n) is 3.60. The molecule has 0 unspecified atom stereocenters. The molecule has 1 aromatic carbocycles. The summed E-state index contributed by atoms with van der Waals surface area (Å²) >= 11 is 6.54. The minimum atomic E-state index is -0.131. The molecule has 0 saturated carbocycles. The number of aryl methyl sites for hydroxylation is 1. The van der Waals surface area contributed by atoms with Gasteiger partial charge in [-0.2, -0.15) is 0 Å². The molecule has 0 aliphatic rings. The van der Waals surface area contributed by atoms with Crippen LogP contribution in [-0.2, 0) is 16.1 Å². The summed E-state index contributed by atoms with van der Waals surface area (Å²) < 4.78 is 1.03. The van der Waals surface area contributed by atoms with Gasteiger partial charge in [0.2, 0.25) is 11.8 Å². The molecule has 0 atom stereocenters. The topological polar surface area (TPSA) is 49.4 Å². The van der Waals surface area contributed by atoms with E-state index >= 15 is 0 Å². The average Bonchev–Trinajstić information content (AvgIpc) is 3.10. The van der Waals surface area contributed by atoms with Crippen LogP contribution in [0.4, 0.5) is 0 Å². The molecule has 0 spiro atoms. The zero-order valence-electron chi connectivity index (χ0n) is 14.3. The van der Waals surface area contributed by atoms with Crippen LogP contribution in [0.1, 0.15) is 17.4 Å². The Bertz CT molecular complexity index is 720. The first-order chi connectivity index (χ1) is 12.0. The fourth-order valence-corrected chi connectivity index (χ4v) is 4.24. The fraction of sp³-hybridized carbons (Fsp3) is 0.333. The minimum absolute atomic E-state index is 0.0268. The first-order valence-electron chi connectivity index (χ1n) is 7.95. The highest BCUT2D eigenvalue weighted by atomic mass is 79.9. The van der Waals surface area contributed by atoms with Crippen LogP contribution >= 0.6 is 39.0 Å². The number of hydrogen-bond donors (Lipinski definition) is 1. The standard InChI is InChI=1S/C18H21BrN2O2S2/c1-3-21(11-17(22)20-10-15-5-4-8-24-15)18(23)12-25-16-7-6-14(19)9-13(16)2/h4-9H,3,10-12H2,1-2H3,(H,20,22). The maximum atomic E-state index is 12.4. The molecule has 0 bridgehead atoms. The summed E-state index contributed by atoms with van der Waals surface area (Å²) in [6, 6.07) is 9.93. The summed E-state index contributed by atoms with van der Waals surface area (Å²) in [5.41, 5.74) is 1.13. The van der Waals surface area contributed by atoms with E-state index in [0.717, 1.165) is 19.8 Å². The Hall–Kier alpha value is -1.31. The lowest BCUT2D eigenvalue weighted by Crippen LogP contribution is -2.41. The second-order valence-corrected chi connectivity index (χ2v) is 8.43. The van der Waals surface area contributed by atoms with Crippen LogP contribution in [-0.4, -0.2) is 35.6 Å². The van der Waals surface area contributed by atoms with Crippen LogP contribution in [0.5, 0.6) is 0 Å². The number of halogens is 1. The maximum Gasteiger partial charge on any atom is 0.239 e. The van der Waals surface area contributed by atoms with Gasteiger partial charge < -0.3 is 10.2 Å². The van der Waals surface area contributed by atoms with E-state index in [1.165, 1.54) is 11.8 Å². The fourth-order valence-electron chi connectivity index (χ4n) is 2.21. The van der Waals surface area contributed by atoms with Crippen molar-refractivity contribution in [3.05, 3.63) is 50.6 Å². The molecule has 7 heteroatoms. The van der Waals surface area contributed by atoms with E-state index in [-0.39, 0.29) is 18.4 Å². The van der Waals surface area contributed by atoms with Gasteiger partial charge in [-0.15, -0.1) is 23.1 Å². The van der Waals surface area contributed by atoms with Crippen molar-refractivity contribution in [1.82, 2.24) is 10.2 Å². The number of thiophene rings is 1. The second-order valence-electron chi connectivity index (χ2n) is 5.46. The molecule has 0 radical (unpaired) electrons. The Morgan fingerprint density at radius 3 is 2.76 bits per heavy atom. The van der Waals surface area contributed by atoms with Crippen molar-refractivity contribution >= 4 is 50.8 Å². The third-order valence-corrected chi connectivity index (χ3v) is 6.13. The van der Waals surface area contributed by atoms with Gasteiger partial charge in [-0.05, 0) is 49.1 Å². The molecular weight excluding hydrogens is 420 g/mol. The number of benzene rings is 1. The van der Waals surface area contributed by atoms with Crippen LogP contribution < -0.4 is 5.32 Å². The second kappa shape index (κ2) is 9.99. The molecule has 1 aromatic heterocycles. The molecule has 134 valence electrons. The van der Waals surface area contributed by atoms with Crippen molar-refractivity contribution in [2.24, 2.45) is 0 Å². The molecule has 4 nitrogen and oxygen atoms in total. The summed E-state index contributed by atoms with van der Waals surface area (Å²) in [7, 11) is 0. The molecule has 2 aromatic rings. The first kappa shape index (κ1) is 20.0. The molecule has 2 rings (SSSR count). The van der Waals surface area contributed by atoms with E-state index in [0.29, 0.717) is 18.8 Å². The van der Waals surface area contributed by atoms with Gasteiger partial charge in [-0.3, -0.25) is 9.59 Å². The molecule has 0 saturated heterocycles. The molecular formula is C18H21BrN2O2S2. The van der Waals surface area contributed by atoms with Crippen LogP contribution in [0.15, 0.2) is 45.1 Å². The summed E-state index contributed by atoms with van der Waals surface area (Å²) in [6.45, 7) is 5.04. The van der Waals surface area contributed by atoms with Crippen molar-refractivity contribution in [1.29, 1.82) is 0 Å². The molecule has 25 heavy (non-hydrogen) atoms. The molecule has 0 aliphatic heterocycles. The van der Waals surface area contributed by atoms with Crippen molar-refractivity contribution in [2.75, 3.05) is 18.8 Å². The molecule has 2 amide bonds. The Morgan fingerprint density at radius 2 is 2.12 bits per heavy atom. The number of rotatable bonds is 8. The Balaban J connectivity index is 1.82. The Kier molecular flexibility index (Phi) is 7.99. The van der Waals surface area contributed by atoms with Gasteiger partial charge in [0.05, 0.1) is 18.8 Å². The van der Waals surface area contributed by atoms with E-state index in [1.807, 2.05) is 49.6 Å². The first-order valence-corrected chi connectivity index (χ1v) is 10.6. The summed E-state index contributed by atoms with van der Waals surface area (Å²) in [5.74, 6) is 0.170. The van der Waals surface area contributed by atoms with Gasteiger partial charge >= 0.3 is 0 Å². The van der Waals surface area contributed by atoms with Gasteiger partial charge in [0.15, 0.2) is 0 Å². The van der Waals surface area contributed by atoms with E-state index in [4.69, 9.17) is 0 Å². The van der Waals surface area contributed by atoms with Crippen LogP contribution in [0.2, 0.25) is 0 Å². The molecule has 1 N–H and O–H groups in total. The number of carbonyl (C=O) groups excluding carboxylic acids is 2. The quantitative estimate of drug-likeness (QED) is 0.629. The number of nitrogens with zero attached hydrogens (tertiary/aromatic N) is 1. The van der Waals surface area contributed by atoms with Crippen molar-refractivity contribution in [3.63, 3.8) is 0 Å². The number of amides is 2. The SMILES string of the molecule is CCN(CC(=O)NCc1cccs1)C(=O)CSc1ccc(Br)cc1C. The molecule has 1 heterocycles. The summed E-state index contributed by atoms with van der Waals surface area (Å²) in [4.78, 5) is 28.2. The van der Waals surface area contributed by atoms with Gasteiger partial charge in [-0.1, -0.05) is 22.0 Å². The monoisotopic (exact) mass is 440 g/mol. The summed E-state index contributed by atoms with van der Waals surface area (Å²) in [6.07, 6.45) is 0. The van der Waals surface area contributed by atoms with E-state index in [1.54, 1.807) is 16.2 Å². The normalized spacial score (nSPS) is 10.5. The maximum absolute atomic E-state index is 12.4. The van der Waals surface area contributed by atoms with Crippen LogP contribution in [0, 0.1) is 6.92 Å². The van der Waals surface area contributed by atoms with Crippen LogP contribution in [0.3, 0.4) is 0 Å². The molecule has 0 aliphatic carbocycles. The lowest BCUT2D eigenvalue weighted by Gasteiger charge is -2.20. The Labute approximate surface area is 165 Å². The smallest absolute Gasteiger partial charge is 0.239 e. The lowest BCUT2D eigenvalue weighted by molar-refractivity contribution is -0.133. The molecule has 0 fully saturated rings. The van der Waals surface area contributed by atoms with Gasteiger partial charge in [0.1, 0.15) is 0 Å². The predicted octanol–water partition coefficient (Wildman–Crippen LogP) is 4.08. The highest BCUT2D eigenvalue weighted by Crippen LogP contribution is 2.25. The van der Waals surface area contributed by atoms with Crippen LogP contribution in [0.25, 0.3) is 0 Å². The highest BCUT2D eigenvalue weighted by molar-refractivity contribution is 9.10. The largest absolute Gasteiger partial charge is 0.350 e. The van der Waals surface area contributed by atoms with Crippen molar-refractivity contribution < 1.29 is 9.59 Å². The highest BCUT2D eigenvalue weighted by Gasteiger charge is 2.16. The zero-order valence-corrected chi connectivity index (χ0v) is 17.5. The number of nitrogens with one attached hydrogen (secondary N) is 1.